The van der Waals surface area contributed by atoms with Crippen molar-refractivity contribution in [3.8, 4) is 0 Å². The zero-order valence-electron chi connectivity index (χ0n) is 33.6. The van der Waals surface area contributed by atoms with Crippen LogP contribution in [0, 0.1) is 17.8 Å². The molecule has 0 radical (unpaired) electrons. The molecule has 4 amide bonds. The number of nitrogens with zero attached hydrogens (tertiary/aromatic N) is 3. The number of likely N-dealkylation sites (N-methyl/N-ethyl adjacent to an activating group) is 2. The van der Waals surface area contributed by atoms with Gasteiger partial charge in [-0.2, -0.15) is 11.8 Å². The largest absolute Gasteiger partial charge is 0.379 e. The highest BCUT2D eigenvalue weighted by atomic mass is 32.2. The Morgan fingerprint density at radius 2 is 1.61 bits per heavy atom. The number of thioether (sulfide) groups is 1. The van der Waals surface area contributed by atoms with E-state index in [1.165, 1.54) is 0 Å². The number of nitrogens with one attached hydrogen (secondary N) is 2. The van der Waals surface area contributed by atoms with Gasteiger partial charge in [-0.05, 0) is 61.9 Å². The van der Waals surface area contributed by atoms with Crippen LogP contribution in [-0.4, -0.2) is 114 Å². The summed E-state index contributed by atoms with van der Waals surface area (Å²) in [4.78, 5) is 60.2. The summed E-state index contributed by atoms with van der Waals surface area (Å²) in [5, 5.41) is 6.77. The normalized spacial score (nSPS) is 18.4. The van der Waals surface area contributed by atoms with Crippen molar-refractivity contribution in [2.75, 3.05) is 40.6 Å². The zero-order valence-corrected chi connectivity index (χ0v) is 34.4. The third kappa shape index (κ3) is 13.4. The first-order valence-electron chi connectivity index (χ1n) is 19.0. The van der Waals surface area contributed by atoms with E-state index in [1.807, 2.05) is 81.6 Å². The van der Waals surface area contributed by atoms with Crippen LogP contribution < -0.4 is 10.6 Å². The third-order valence-electron chi connectivity index (χ3n) is 10.3. The second-order valence-corrected chi connectivity index (χ2v) is 17.1. The molecule has 7 atom stereocenters. The highest BCUT2D eigenvalue weighted by Crippen LogP contribution is 2.28. The summed E-state index contributed by atoms with van der Waals surface area (Å²) in [5.41, 5.74) is 1.09. The van der Waals surface area contributed by atoms with Crippen LogP contribution in [0.25, 0.3) is 0 Å². The molecule has 290 valence electrons. The van der Waals surface area contributed by atoms with Gasteiger partial charge in [-0.25, -0.2) is 0 Å². The van der Waals surface area contributed by atoms with Crippen molar-refractivity contribution in [3.05, 3.63) is 35.9 Å². The number of hydrogen-bond donors (Lipinski definition) is 2. The standard InChI is InChI=1S/C40H69N5O5S/c1-13-29(8)38(44(11)40(49)36(26(2)3)42-39(48)37(27(4)5)43(9)10)33(50-12)24-35(47)45-23-17-20-31(45)21-22-34(46)41-32(25-51-28(6)7)30-18-15-14-16-19-30/h14-16,18-19,26-29,31-33,36-38H,13,17,20-25H2,1-12H3,(H,41,46)(H,42,48). The topological polar surface area (TPSA) is 111 Å². The van der Waals surface area contributed by atoms with Gasteiger partial charge in [0, 0.05) is 38.9 Å². The van der Waals surface area contributed by atoms with Gasteiger partial charge in [0.1, 0.15) is 6.04 Å². The fraction of sp³-hybridized carbons (Fsp3) is 0.750. The Balaban J connectivity index is 2.15. The fourth-order valence-electron chi connectivity index (χ4n) is 7.35. The fourth-order valence-corrected chi connectivity index (χ4v) is 8.20. The van der Waals surface area contributed by atoms with Crippen molar-refractivity contribution in [2.24, 2.45) is 17.8 Å². The average Bonchev–Trinajstić information content (AvgIpc) is 3.56. The molecule has 1 aliphatic heterocycles. The van der Waals surface area contributed by atoms with E-state index in [0.717, 1.165) is 30.6 Å². The predicted octanol–water partition coefficient (Wildman–Crippen LogP) is 5.76. The van der Waals surface area contributed by atoms with E-state index in [1.54, 1.807) is 19.1 Å². The highest BCUT2D eigenvalue weighted by Gasteiger charge is 2.40. The van der Waals surface area contributed by atoms with Crippen molar-refractivity contribution >= 4 is 35.4 Å². The van der Waals surface area contributed by atoms with E-state index >= 15 is 0 Å². The lowest BCUT2D eigenvalue weighted by Crippen LogP contribution is -2.59. The van der Waals surface area contributed by atoms with Gasteiger partial charge in [-0.3, -0.25) is 24.1 Å². The van der Waals surface area contributed by atoms with Gasteiger partial charge in [0.2, 0.25) is 23.6 Å². The molecule has 11 heteroatoms. The lowest BCUT2D eigenvalue weighted by Gasteiger charge is -2.40. The molecule has 1 saturated heterocycles. The molecular formula is C40H69N5O5S. The van der Waals surface area contributed by atoms with Crippen LogP contribution in [0.15, 0.2) is 30.3 Å². The number of amides is 4. The Kier molecular flexibility index (Phi) is 19.0. The van der Waals surface area contributed by atoms with Crippen LogP contribution in [0.4, 0.5) is 0 Å². The van der Waals surface area contributed by atoms with Gasteiger partial charge in [0.25, 0.3) is 0 Å². The van der Waals surface area contributed by atoms with Gasteiger partial charge in [-0.1, -0.05) is 92.1 Å². The smallest absolute Gasteiger partial charge is 0.245 e. The van der Waals surface area contributed by atoms with E-state index in [2.05, 4.69) is 50.5 Å². The van der Waals surface area contributed by atoms with Crippen molar-refractivity contribution in [1.29, 1.82) is 0 Å². The van der Waals surface area contributed by atoms with Crippen LogP contribution in [0.1, 0.15) is 106 Å². The molecule has 7 unspecified atom stereocenters. The van der Waals surface area contributed by atoms with E-state index < -0.39 is 12.1 Å². The molecule has 1 aliphatic rings. The molecule has 0 aliphatic carbocycles. The quantitative estimate of drug-likeness (QED) is 0.166. The van der Waals surface area contributed by atoms with Gasteiger partial charge in [0.05, 0.1) is 30.7 Å². The molecule has 2 N–H and O–H groups in total. The maximum absolute atomic E-state index is 14.2. The van der Waals surface area contributed by atoms with E-state index in [4.69, 9.17) is 4.74 Å². The SMILES string of the molecule is CCC(C)C(C(CC(=O)N1CCCC1CCC(=O)NC(CSC(C)C)c1ccccc1)OC)N(C)C(=O)C(NC(=O)C(C(C)C)N(C)C)C(C)C. The molecular weight excluding hydrogens is 663 g/mol. The Morgan fingerprint density at radius 1 is 0.961 bits per heavy atom. The molecule has 1 heterocycles. The molecule has 2 rings (SSSR count). The van der Waals surface area contributed by atoms with E-state index in [0.29, 0.717) is 24.6 Å². The van der Waals surface area contributed by atoms with Gasteiger partial charge in [0.15, 0.2) is 0 Å². The minimum absolute atomic E-state index is 0.00339. The van der Waals surface area contributed by atoms with Crippen molar-refractivity contribution in [3.63, 3.8) is 0 Å². The van der Waals surface area contributed by atoms with Crippen LogP contribution >= 0.6 is 11.8 Å². The predicted molar refractivity (Wildman–Crippen MR) is 209 cm³/mol. The number of carbonyl (C=O) groups excluding carboxylic acids is 4. The van der Waals surface area contributed by atoms with E-state index in [-0.39, 0.29) is 72.0 Å². The van der Waals surface area contributed by atoms with Crippen molar-refractivity contribution < 1.29 is 23.9 Å². The number of ether oxygens (including phenoxy) is 1. The van der Waals surface area contributed by atoms with Crippen LogP contribution in [-0.2, 0) is 23.9 Å². The first kappa shape index (κ1) is 44.5. The monoisotopic (exact) mass is 732 g/mol. The number of likely N-dealkylation sites (tertiary alicyclic amines) is 1. The minimum atomic E-state index is -0.719. The number of rotatable bonds is 21. The summed E-state index contributed by atoms with van der Waals surface area (Å²) in [5.74, 6) is 0.380. The lowest BCUT2D eigenvalue weighted by atomic mass is 9.89. The summed E-state index contributed by atoms with van der Waals surface area (Å²) >= 11 is 1.82. The van der Waals surface area contributed by atoms with Gasteiger partial charge >= 0.3 is 0 Å². The second kappa shape index (κ2) is 21.8. The maximum atomic E-state index is 14.2. The first-order valence-corrected chi connectivity index (χ1v) is 20.1. The third-order valence-corrected chi connectivity index (χ3v) is 11.5. The molecule has 1 fully saturated rings. The maximum Gasteiger partial charge on any atom is 0.245 e. The van der Waals surface area contributed by atoms with Crippen molar-refractivity contribution in [1.82, 2.24) is 25.3 Å². The van der Waals surface area contributed by atoms with Crippen LogP contribution in [0.2, 0.25) is 0 Å². The molecule has 10 nitrogen and oxygen atoms in total. The minimum Gasteiger partial charge on any atom is -0.379 e. The summed E-state index contributed by atoms with van der Waals surface area (Å²) < 4.78 is 6.02. The zero-order chi connectivity index (χ0) is 38.4. The Labute approximate surface area is 313 Å². The summed E-state index contributed by atoms with van der Waals surface area (Å²) in [6.45, 7) is 17.0. The highest BCUT2D eigenvalue weighted by molar-refractivity contribution is 7.99. The number of benzene rings is 1. The number of methoxy groups -OCH3 is 1. The first-order chi connectivity index (χ1) is 24.0. The number of carbonyl (C=O) groups is 4. The molecule has 0 spiro atoms. The second-order valence-electron chi connectivity index (χ2n) is 15.5. The Morgan fingerprint density at radius 3 is 2.14 bits per heavy atom. The van der Waals surface area contributed by atoms with Gasteiger partial charge in [-0.15, -0.1) is 0 Å². The molecule has 0 saturated carbocycles. The molecule has 51 heavy (non-hydrogen) atoms. The van der Waals surface area contributed by atoms with E-state index in [9.17, 15) is 19.2 Å². The van der Waals surface area contributed by atoms with Crippen LogP contribution in [0.5, 0.6) is 0 Å². The van der Waals surface area contributed by atoms with Crippen molar-refractivity contribution in [2.45, 2.75) is 135 Å². The summed E-state index contributed by atoms with van der Waals surface area (Å²) in [6.07, 6.45) is 3.06. The Hall–Kier alpha value is -2.63. The Bertz CT molecular complexity index is 1220. The number of hydrogen-bond acceptors (Lipinski definition) is 7. The summed E-state index contributed by atoms with van der Waals surface area (Å²) in [7, 11) is 7.11. The molecule has 1 aromatic carbocycles. The average molecular weight is 732 g/mol. The van der Waals surface area contributed by atoms with Crippen LogP contribution in [0.3, 0.4) is 0 Å². The molecule has 0 bridgehead atoms. The summed E-state index contributed by atoms with van der Waals surface area (Å²) in [6, 6.07) is 8.53. The lowest BCUT2D eigenvalue weighted by molar-refractivity contribution is -0.146. The molecule has 1 aromatic rings. The molecule has 0 aromatic heterocycles. The van der Waals surface area contributed by atoms with Gasteiger partial charge < -0.3 is 25.2 Å².